The lowest BCUT2D eigenvalue weighted by Crippen LogP contribution is -2.45. The molecular formula is C21H34. The maximum atomic E-state index is 2.69. The van der Waals surface area contributed by atoms with Gasteiger partial charge in [-0.1, -0.05) is 76.2 Å². The Morgan fingerprint density at radius 1 is 0.810 bits per heavy atom. The van der Waals surface area contributed by atoms with E-state index in [1.807, 2.05) is 0 Å². The highest BCUT2D eigenvalue weighted by Gasteiger charge is 2.48. The van der Waals surface area contributed by atoms with E-state index in [0.29, 0.717) is 5.41 Å². The normalized spacial score (nSPS) is 30.6. The van der Waals surface area contributed by atoms with Crippen LogP contribution in [0.1, 0.15) is 84.0 Å². The van der Waals surface area contributed by atoms with Crippen molar-refractivity contribution in [3.05, 3.63) is 24.3 Å². The number of hydrogen-bond donors (Lipinski definition) is 0. The lowest BCUT2D eigenvalue weighted by molar-refractivity contribution is 0.0244. The predicted octanol–water partition coefficient (Wildman–Crippen LogP) is 6.68. The molecule has 0 aromatic carbocycles. The Kier molecular flexibility index (Phi) is 5.24. The van der Waals surface area contributed by atoms with Crippen LogP contribution < -0.4 is 0 Å². The molecule has 2 saturated carbocycles. The molecule has 2 fully saturated rings. The van der Waals surface area contributed by atoms with Gasteiger partial charge in [0.1, 0.15) is 0 Å². The first kappa shape index (κ1) is 15.4. The second kappa shape index (κ2) is 7.16. The second-order valence-corrected chi connectivity index (χ2v) is 7.81. The van der Waals surface area contributed by atoms with Gasteiger partial charge in [-0.05, 0) is 49.9 Å². The number of allylic oxidation sites excluding steroid dienone is 4. The van der Waals surface area contributed by atoms with Gasteiger partial charge in [-0.3, -0.25) is 0 Å². The van der Waals surface area contributed by atoms with E-state index in [2.05, 4.69) is 31.2 Å². The van der Waals surface area contributed by atoms with Gasteiger partial charge in [-0.2, -0.15) is 0 Å². The van der Waals surface area contributed by atoms with E-state index in [1.54, 1.807) is 0 Å². The molecule has 0 radical (unpaired) electrons. The summed E-state index contributed by atoms with van der Waals surface area (Å²) in [5, 5.41) is 0. The van der Waals surface area contributed by atoms with Gasteiger partial charge in [0, 0.05) is 5.41 Å². The lowest BCUT2D eigenvalue weighted by atomic mass is 9.52. The Hall–Kier alpha value is -0.520. The molecule has 1 unspecified atom stereocenters. The summed E-state index contributed by atoms with van der Waals surface area (Å²) in [6.45, 7) is 2.37. The van der Waals surface area contributed by atoms with Gasteiger partial charge >= 0.3 is 0 Å². The summed E-state index contributed by atoms with van der Waals surface area (Å²) in [7, 11) is 0. The van der Waals surface area contributed by atoms with Crippen LogP contribution in [0.2, 0.25) is 0 Å². The molecule has 0 nitrogen and oxygen atoms in total. The predicted molar refractivity (Wildman–Crippen MR) is 92.3 cm³/mol. The lowest BCUT2D eigenvalue weighted by Gasteiger charge is -2.52. The number of hydrogen-bond acceptors (Lipinski definition) is 0. The van der Waals surface area contributed by atoms with Gasteiger partial charge in [0.25, 0.3) is 0 Å². The van der Waals surface area contributed by atoms with Crippen LogP contribution in [0.4, 0.5) is 0 Å². The van der Waals surface area contributed by atoms with Crippen molar-refractivity contribution < 1.29 is 0 Å². The van der Waals surface area contributed by atoms with Crippen LogP contribution in [0.5, 0.6) is 0 Å². The summed E-state index contributed by atoms with van der Waals surface area (Å²) in [6.07, 6.45) is 27.6. The van der Waals surface area contributed by atoms with Crippen molar-refractivity contribution in [1.82, 2.24) is 0 Å². The highest BCUT2D eigenvalue weighted by Crippen LogP contribution is 2.56. The van der Waals surface area contributed by atoms with Crippen LogP contribution in [0.3, 0.4) is 0 Å². The Bertz CT molecular complexity index is 345. The molecule has 0 heteroatoms. The van der Waals surface area contributed by atoms with Crippen LogP contribution in [-0.2, 0) is 0 Å². The zero-order valence-corrected chi connectivity index (χ0v) is 14.0. The minimum absolute atomic E-state index is 0.519. The van der Waals surface area contributed by atoms with Gasteiger partial charge < -0.3 is 0 Å². The molecule has 1 atom stereocenters. The molecule has 0 aliphatic heterocycles. The molecule has 0 N–H and O–H groups in total. The molecule has 0 spiro atoms. The Balaban J connectivity index is 1.91. The first-order valence-electron chi connectivity index (χ1n) is 9.74. The van der Waals surface area contributed by atoms with Gasteiger partial charge in [-0.15, -0.1) is 0 Å². The second-order valence-electron chi connectivity index (χ2n) is 7.81. The minimum atomic E-state index is 0.519. The van der Waals surface area contributed by atoms with Crippen molar-refractivity contribution in [3.63, 3.8) is 0 Å². The molecule has 0 bridgehead atoms. The fraction of sp³-hybridized carbons (Fsp3) is 0.810. The largest absolute Gasteiger partial charge is 0.0805 e. The average Bonchev–Trinajstić information content (AvgIpc) is 2.57. The molecule has 3 aliphatic carbocycles. The molecule has 118 valence electrons. The molecule has 3 aliphatic rings. The van der Waals surface area contributed by atoms with Crippen LogP contribution in [-0.4, -0.2) is 0 Å². The van der Waals surface area contributed by atoms with Crippen molar-refractivity contribution in [3.8, 4) is 0 Å². The Morgan fingerprint density at radius 3 is 1.90 bits per heavy atom. The van der Waals surface area contributed by atoms with Crippen molar-refractivity contribution in [2.24, 2.45) is 23.2 Å². The topological polar surface area (TPSA) is 0 Å². The summed E-state index contributed by atoms with van der Waals surface area (Å²) >= 11 is 0. The minimum Gasteiger partial charge on any atom is -0.0805 e. The van der Waals surface area contributed by atoms with Crippen molar-refractivity contribution in [1.29, 1.82) is 0 Å². The summed E-state index contributed by atoms with van der Waals surface area (Å²) in [4.78, 5) is 0. The summed E-state index contributed by atoms with van der Waals surface area (Å²) in [5.74, 6) is 2.75. The van der Waals surface area contributed by atoms with Gasteiger partial charge in [0.2, 0.25) is 0 Å². The maximum absolute atomic E-state index is 2.69. The van der Waals surface area contributed by atoms with E-state index >= 15 is 0 Å². The zero-order chi connectivity index (χ0) is 14.5. The first-order chi connectivity index (χ1) is 10.4. The van der Waals surface area contributed by atoms with Crippen LogP contribution in [0.15, 0.2) is 24.3 Å². The fourth-order valence-electron chi connectivity index (χ4n) is 5.78. The van der Waals surface area contributed by atoms with E-state index in [1.165, 1.54) is 77.0 Å². The molecule has 0 aromatic heterocycles. The van der Waals surface area contributed by atoms with E-state index < -0.39 is 0 Å². The van der Waals surface area contributed by atoms with E-state index in [-0.39, 0.29) is 0 Å². The first-order valence-corrected chi connectivity index (χ1v) is 9.74. The quantitative estimate of drug-likeness (QED) is 0.541. The molecule has 3 rings (SSSR count). The van der Waals surface area contributed by atoms with Crippen molar-refractivity contribution in [2.75, 3.05) is 0 Å². The third-order valence-corrected chi connectivity index (χ3v) is 6.71. The monoisotopic (exact) mass is 286 g/mol. The molecule has 0 saturated heterocycles. The highest BCUT2D eigenvalue weighted by molar-refractivity contribution is 5.23. The summed E-state index contributed by atoms with van der Waals surface area (Å²) in [5.41, 5.74) is 0.519. The summed E-state index contributed by atoms with van der Waals surface area (Å²) < 4.78 is 0. The molecular weight excluding hydrogens is 252 g/mol. The molecule has 0 amide bonds. The third kappa shape index (κ3) is 3.01. The number of rotatable bonds is 4. The summed E-state index contributed by atoms with van der Waals surface area (Å²) in [6, 6.07) is 0. The Labute approximate surface area is 132 Å². The van der Waals surface area contributed by atoms with Crippen molar-refractivity contribution >= 4 is 0 Å². The van der Waals surface area contributed by atoms with Crippen LogP contribution in [0.25, 0.3) is 0 Å². The van der Waals surface area contributed by atoms with Gasteiger partial charge in [0.05, 0.1) is 0 Å². The van der Waals surface area contributed by atoms with Gasteiger partial charge in [-0.25, -0.2) is 0 Å². The maximum Gasteiger partial charge on any atom is 0.000413 e. The smallest absolute Gasteiger partial charge is 0.000413 e. The van der Waals surface area contributed by atoms with E-state index in [4.69, 9.17) is 0 Å². The SMILES string of the molecule is CCCC1C=CC=CC1(C1CCCCC1)C1CCCCC1. The fourth-order valence-corrected chi connectivity index (χ4v) is 5.78. The highest BCUT2D eigenvalue weighted by atomic mass is 14.5. The average molecular weight is 287 g/mol. The Morgan fingerprint density at radius 2 is 1.38 bits per heavy atom. The zero-order valence-electron chi connectivity index (χ0n) is 14.0. The van der Waals surface area contributed by atoms with Crippen LogP contribution in [0, 0.1) is 23.2 Å². The van der Waals surface area contributed by atoms with Gasteiger partial charge in [0.15, 0.2) is 0 Å². The van der Waals surface area contributed by atoms with Crippen LogP contribution >= 0.6 is 0 Å². The van der Waals surface area contributed by atoms with E-state index in [0.717, 1.165) is 17.8 Å². The van der Waals surface area contributed by atoms with Crippen molar-refractivity contribution in [2.45, 2.75) is 84.0 Å². The molecule has 21 heavy (non-hydrogen) atoms. The molecule has 0 aromatic rings. The molecule has 0 heterocycles. The third-order valence-electron chi connectivity index (χ3n) is 6.71. The standard InChI is InChI=1S/C21H34/c1-2-11-18-16-9-10-17-21(18,19-12-5-3-6-13-19)20-14-7-4-8-15-20/h9-10,16-20H,2-8,11-15H2,1H3. The van der Waals surface area contributed by atoms with E-state index in [9.17, 15) is 0 Å².